The first-order valence-electron chi connectivity index (χ1n) is 8.86. The molecule has 0 amide bonds. The second-order valence-electron chi connectivity index (χ2n) is 6.12. The Bertz CT molecular complexity index is 1230. The molecule has 0 saturated carbocycles. The van der Waals surface area contributed by atoms with Crippen molar-refractivity contribution < 1.29 is 4.74 Å². The molecular formula is C22H21N3O2S. The molecule has 0 saturated heterocycles. The predicted octanol–water partition coefficient (Wildman–Crippen LogP) is 4.79. The molecule has 0 radical (unpaired) electrons. The van der Waals surface area contributed by atoms with Gasteiger partial charge in [-0.1, -0.05) is 29.7 Å². The number of allylic oxidation sites excluding steroid dienone is 6. The van der Waals surface area contributed by atoms with Gasteiger partial charge in [-0.15, -0.1) is 17.3 Å². The Morgan fingerprint density at radius 2 is 2.14 bits per heavy atom. The fourth-order valence-electron chi connectivity index (χ4n) is 2.73. The number of pyridine rings is 1. The maximum atomic E-state index is 13.0. The average Bonchev–Trinajstić information content (AvgIpc) is 3.07. The highest BCUT2D eigenvalue weighted by molar-refractivity contribution is 7.25. The van der Waals surface area contributed by atoms with Crippen LogP contribution in [-0.4, -0.2) is 21.1 Å². The minimum atomic E-state index is -0.113. The van der Waals surface area contributed by atoms with Crippen LogP contribution in [0.2, 0.25) is 0 Å². The molecule has 0 unspecified atom stereocenters. The van der Waals surface area contributed by atoms with Gasteiger partial charge in [0.1, 0.15) is 33.7 Å². The van der Waals surface area contributed by atoms with Crippen LogP contribution >= 0.6 is 11.3 Å². The zero-order valence-electron chi connectivity index (χ0n) is 16.3. The monoisotopic (exact) mass is 391 g/mol. The lowest BCUT2D eigenvalue weighted by Gasteiger charge is -2.05. The quantitative estimate of drug-likeness (QED) is 0.463. The highest BCUT2D eigenvalue weighted by Crippen LogP contribution is 2.35. The number of aromatic nitrogens is 3. The van der Waals surface area contributed by atoms with Crippen molar-refractivity contribution in [3.05, 3.63) is 58.8 Å². The lowest BCUT2D eigenvalue weighted by molar-refractivity contribution is 0.374. The molecule has 3 aromatic rings. The highest BCUT2D eigenvalue weighted by atomic mass is 32.1. The summed E-state index contributed by atoms with van der Waals surface area (Å²) in [6.45, 7) is 7.91. The van der Waals surface area contributed by atoms with E-state index in [0.29, 0.717) is 16.0 Å². The van der Waals surface area contributed by atoms with E-state index in [1.807, 2.05) is 45.1 Å². The van der Waals surface area contributed by atoms with Gasteiger partial charge in [0.25, 0.3) is 5.56 Å². The van der Waals surface area contributed by atoms with Crippen molar-refractivity contribution in [1.29, 1.82) is 0 Å². The Kier molecular flexibility index (Phi) is 6.07. The van der Waals surface area contributed by atoms with Crippen molar-refractivity contribution in [2.75, 3.05) is 6.61 Å². The number of thiophene rings is 1. The lowest BCUT2D eigenvalue weighted by Crippen LogP contribution is -2.17. The lowest BCUT2D eigenvalue weighted by atomic mass is 10.2. The van der Waals surface area contributed by atoms with Crippen LogP contribution in [0.5, 0.6) is 5.75 Å². The van der Waals surface area contributed by atoms with Crippen LogP contribution in [0.15, 0.2) is 53.3 Å². The maximum Gasteiger partial charge on any atom is 0.275 e. The third kappa shape index (κ3) is 3.90. The molecule has 3 rings (SSSR count). The fraction of sp³-hybridized carbons (Fsp3) is 0.227. The number of fused-ring (bicyclic) bond motifs is 3. The standard InChI is InChI=1S/C22H21N3O2S/c1-5-7-13-27-17-11-12-23-21-18(17)19-20(28-21)22(26)25(14-24-19)16(4)10-9-15(3)8-6-2/h6,8-12,14H,13H2,1-4H3/b8-6-,15-9-,16-10+. The summed E-state index contributed by atoms with van der Waals surface area (Å²) in [6, 6.07) is 1.78. The minimum Gasteiger partial charge on any atom is -0.480 e. The Labute approximate surface area is 167 Å². The Hall–Kier alpha value is -3.17. The topological polar surface area (TPSA) is 57.0 Å². The van der Waals surface area contributed by atoms with Crippen LogP contribution in [-0.2, 0) is 0 Å². The van der Waals surface area contributed by atoms with Crippen LogP contribution in [0.25, 0.3) is 26.1 Å². The van der Waals surface area contributed by atoms with Gasteiger partial charge in [0, 0.05) is 11.9 Å². The van der Waals surface area contributed by atoms with Gasteiger partial charge in [-0.25, -0.2) is 9.97 Å². The molecule has 0 fully saturated rings. The zero-order chi connectivity index (χ0) is 20.1. The first kappa shape index (κ1) is 19.6. The normalized spacial score (nSPS) is 12.6. The van der Waals surface area contributed by atoms with Gasteiger partial charge in [-0.05, 0) is 39.8 Å². The van der Waals surface area contributed by atoms with Gasteiger partial charge in [-0.3, -0.25) is 9.36 Å². The number of hydrogen-bond acceptors (Lipinski definition) is 5. The van der Waals surface area contributed by atoms with E-state index in [4.69, 9.17) is 4.74 Å². The molecule has 5 nitrogen and oxygen atoms in total. The van der Waals surface area contributed by atoms with E-state index < -0.39 is 0 Å². The first-order valence-corrected chi connectivity index (χ1v) is 9.68. The van der Waals surface area contributed by atoms with E-state index in [0.717, 1.165) is 21.5 Å². The first-order chi connectivity index (χ1) is 13.6. The van der Waals surface area contributed by atoms with Crippen LogP contribution in [0, 0.1) is 11.8 Å². The molecule has 6 heteroatoms. The van der Waals surface area contributed by atoms with Crippen LogP contribution < -0.4 is 10.3 Å². The van der Waals surface area contributed by atoms with E-state index in [2.05, 4.69) is 21.8 Å². The summed E-state index contributed by atoms with van der Waals surface area (Å²) in [4.78, 5) is 22.7. The van der Waals surface area contributed by atoms with E-state index in [9.17, 15) is 4.79 Å². The second kappa shape index (κ2) is 8.68. The summed E-state index contributed by atoms with van der Waals surface area (Å²) in [7, 11) is 0. The molecule has 0 aliphatic heterocycles. The minimum absolute atomic E-state index is 0.113. The van der Waals surface area contributed by atoms with E-state index >= 15 is 0 Å². The number of ether oxygens (including phenoxy) is 1. The second-order valence-corrected chi connectivity index (χ2v) is 7.12. The summed E-state index contributed by atoms with van der Waals surface area (Å²) in [5, 5.41) is 0.759. The van der Waals surface area contributed by atoms with Crippen molar-refractivity contribution in [3.63, 3.8) is 0 Å². The van der Waals surface area contributed by atoms with Gasteiger partial charge < -0.3 is 4.74 Å². The zero-order valence-corrected chi connectivity index (χ0v) is 17.1. The maximum absolute atomic E-state index is 13.0. The summed E-state index contributed by atoms with van der Waals surface area (Å²) in [6.07, 6.45) is 11.1. The van der Waals surface area contributed by atoms with Crippen LogP contribution in [0.4, 0.5) is 0 Å². The Morgan fingerprint density at radius 3 is 2.89 bits per heavy atom. The van der Waals surface area contributed by atoms with Gasteiger partial charge in [-0.2, -0.15) is 0 Å². The van der Waals surface area contributed by atoms with E-state index in [-0.39, 0.29) is 12.2 Å². The highest BCUT2D eigenvalue weighted by Gasteiger charge is 2.16. The SMILES string of the molecule is CC#CCOc1ccnc2sc3c(=O)n(/C(C)=C/C=C(C)\C=C/C)cnc3c12. The number of hydrogen-bond donors (Lipinski definition) is 0. The molecule has 0 bridgehead atoms. The molecular weight excluding hydrogens is 370 g/mol. The summed E-state index contributed by atoms with van der Waals surface area (Å²) in [5.41, 5.74) is 2.40. The molecule has 3 aromatic heterocycles. The third-order valence-electron chi connectivity index (χ3n) is 4.12. The molecule has 0 N–H and O–H groups in total. The van der Waals surface area contributed by atoms with E-state index in [1.54, 1.807) is 30.1 Å². The molecule has 0 aromatic carbocycles. The molecule has 142 valence electrons. The fourth-order valence-corrected chi connectivity index (χ4v) is 3.78. The number of nitrogens with zero attached hydrogens (tertiary/aromatic N) is 3. The average molecular weight is 391 g/mol. The van der Waals surface area contributed by atoms with E-state index in [1.165, 1.54) is 11.3 Å². The molecule has 0 aliphatic carbocycles. The van der Waals surface area contributed by atoms with Gasteiger partial charge in [0.05, 0.1) is 5.39 Å². The summed E-state index contributed by atoms with van der Waals surface area (Å²) in [5.74, 6) is 6.32. The van der Waals surface area contributed by atoms with Crippen molar-refractivity contribution in [3.8, 4) is 17.6 Å². The Balaban J connectivity index is 2.12. The van der Waals surface area contributed by atoms with Gasteiger partial charge in [0.2, 0.25) is 0 Å². The molecule has 0 spiro atoms. The van der Waals surface area contributed by atoms with Crippen molar-refractivity contribution in [1.82, 2.24) is 14.5 Å². The smallest absolute Gasteiger partial charge is 0.275 e. The largest absolute Gasteiger partial charge is 0.480 e. The van der Waals surface area contributed by atoms with Crippen molar-refractivity contribution in [2.45, 2.75) is 27.7 Å². The van der Waals surface area contributed by atoms with Gasteiger partial charge >= 0.3 is 0 Å². The van der Waals surface area contributed by atoms with Crippen molar-refractivity contribution in [2.24, 2.45) is 0 Å². The van der Waals surface area contributed by atoms with Gasteiger partial charge in [0.15, 0.2) is 0 Å². The summed E-state index contributed by atoms with van der Waals surface area (Å²) < 4.78 is 7.87. The molecule has 0 atom stereocenters. The predicted molar refractivity (Wildman–Crippen MR) is 117 cm³/mol. The summed E-state index contributed by atoms with van der Waals surface area (Å²) >= 11 is 1.33. The molecule has 28 heavy (non-hydrogen) atoms. The van der Waals surface area contributed by atoms with Crippen LogP contribution in [0.1, 0.15) is 27.7 Å². The molecule has 3 heterocycles. The number of rotatable bonds is 5. The van der Waals surface area contributed by atoms with Crippen LogP contribution in [0.3, 0.4) is 0 Å². The molecule has 0 aliphatic rings. The Morgan fingerprint density at radius 1 is 1.32 bits per heavy atom. The van der Waals surface area contributed by atoms with Crippen molar-refractivity contribution >= 4 is 37.5 Å². The third-order valence-corrected chi connectivity index (χ3v) is 5.19.